The van der Waals surface area contributed by atoms with Crippen molar-refractivity contribution in [2.75, 3.05) is 5.32 Å². The van der Waals surface area contributed by atoms with Gasteiger partial charge in [-0.1, -0.05) is 38.5 Å². The molecule has 6 rings (SSSR count). The van der Waals surface area contributed by atoms with Gasteiger partial charge in [0.1, 0.15) is 11.3 Å². The summed E-state index contributed by atoms with van der Waals surface area (Å²) in [5.74, 6) is 0.194. The lowest BCUT2D eigenvalue weighted by atomic mass is 9.92. The van der Waals surface area contributed by atoms with Crippen LogP contribution in [-0.2, 0) is 30.4 Å². The van der Waals surface area contributed by atoms with E-state index in [1.807, 2.05) is 20.8 Å². The lowest BCUT2D eigenvalue weighted by Gasteiger charge is -2.25. The summed E-state index contributed by atoms with van der Waals surface area (Å²) in [5.41, 5.74) is 13.2. The molecule has 4 aliphatic rings. The number of hydrogen-bond donors (Lipinski definition) is 1. The number of ether oxygens (including phenoxy) is 1. The van der Waals surface area contributed by atoms with Gasteiger partial charge in [-0.3, -0.25) is 19.5 Å². The van der Waals surface area contributed by atoms with E-state index in [4.69, 9.17) is 15.4 Å². The second-order valence-electron chi connectivity index (χ2n) is 13.6. The molecule has 0 aromatic carbocycles. The minimum absolute atomic E-state index is 0.392. The molecule has 1 N–H and O–H groups in total. The number of rotatable bonds is 4. The van der Waals surface area contributed by atoms with Crippen molar-refractivity contribution in [2.24, 2.45) is 5.11 Å². The smallest absolute Gasteiger partial charge is 0.413 e. The van der Waals surface area contributed by atoms with Crippen LogP contribution >= 0.6 is 0 Å². The number of fused-ring (bicyclic) bond motifs is 2. The van der Waals surface area contributed by atoms with E-state index in [0.29, 0.717) is 17.8 Å². The molecule has 11 nitrogen and oxygen atoms in total. The van der Waals surface area contributed by atoms with E-state index >= 15 is 0 Å². The molecule has 2 fully saturated rings. The summed E-state index contributed by atoms with van der Waals surface area (Å²) in [7, 11) is 0. The summed E-state index contributed by atoms with van der Waals surface area (Å²) in [4.78, 5) is 26.6. The molecule has 0 aliphatic heterocycles. The monoisotopic (exact) mass is 592 g/mol. The highest BCUT2D eigenvalue weighted by molar-refractivity contribution is 5.94. The predicted octanol–water partition coefficient (Wildman–Crippen LogP) is 8.33. The Kier molecular flexibility index (Phi) is 10.1. The van der Waals surface area contributed by atoms with Crippen LogP contribution < -0.4 is 5.32 Å². The van der Waals surface area contributed by atoms with Crippen molar-refractivity contribution in [2.45, 2.75) is 154 Å². The van der Waals surface area contributed by atoms with Crippen molar-refractivity contribution >= 4 is 17.8 Å². The number of hydrogen-bond acceptors (Lipinski definition) is 5. The van der Waals surface area contributed by atoms with Crippen molar-refractivity contribution < 1.29 is 14.3 Å². The molecule has 11 heteroatoms. The molecule has 0 radical (unpaired) electrons. The van der Waals surface area contributed by atoms with Gasteiger partial charge in [0.15, 0.2) is 5.82 Å². The van der Waals surface area contributed by atoms with E-state index in [1.54, 1.807) is 0 Å². The van der Waals surface area contributed by atoms with Crippen molar-refractivity contribution in [3.8, 4) is 0 Å². The topological polar surface area (TPSA) is 140 Å². The summed E-state index contributed by atoms with van der Waals surface area (Å²) < 4.78 is 9.69. The van der Waals surface area contributed by atoms with Crippen LogP contribution in [0.3, 0.4) is 0 Å². The molecule has 2 heterocycles. The maximum atomic E-state index is 12.1. The zero-order valence-electron chi connectivity index (χ0n) is 26.2. The Labute approximate surface area is 254 Å². The maximum Gasteiger partial charge on any atom is 0.413 e. The van der Waals surface area contributed by atoms with Crippen molar-refractivity contribution in [3.63, 3.8) is 0 Å². The van der Waals surface area contributed by atoms with E-state index in [0.717, 1.165) is 62.7 Å². The number of azide groups is 1. The lowest BCUT2D eigenvalue weighted by Crippen LogP contribution is -2.27. The lowest BCUT2D eigenvalue weighted by molar-refractivity contribution is 0.0634. The standard InChI is InChI=1S/C18H29N3O2.C14H19N5O/c1-18(2,3)23-17(22)19-16-14-11-7-8-12-15(14)21(20-16)13-9-5-4-6-10-13;15-18-16-14(20)13-11-8-4-5-9-12(11)19(17-13)10-6-2-1-3-7-10/h13H,4-12H2,1-3H3,(H,19,20,22);10H,1-9H2. The number of nitrogens with one attached hydrogen (secondary N) is 1. The van der Waals surface area contributed by atoms with Crippen LogP contribution in [0, 0.1) is 0 Å². The molecule has 2 aromatic rings. The Hall–Kier alpha value is -3.33. The number of amides is 2. The van der Waals surface area contributed by atoms with Crippen LogP contribution in [0.4, 0.5) is 10.6 Å². The van der Waals surface area contributed by atoms with Gasteiger partial charge in [0.05, 0.1) is 12.1 Å². The maximum absolute atomic E-state index is 12.1. The molecule has 43 heavy (non-hydrogen) atoms. The van der Waals surface area contributed by atoms with Crippen LogP contribution in [0.15, 0.2) is 5.11 Å². The Bertz CT molecular complexity index is 1340. The van der Waals surface area contributed by atoms with Crippen LogP contribution in [0.5, 0.6) is 0 Å². The fourth-order valence-corrected chi connectivity index (χ4v) is 7.27. The molecule has 2 saturated carbocycles. The Balaban J connectivity index is 0.000000173. The highest BCUT2D eigenvalue weighted by Gasteiger charge is 2.29. The van der Waals surface area contributed by atoms with Crippen LogP contribution in [0.1, 0.15) is 156 Å². The SMILES string of the molecule is CC(C)(C)OC(=O)Nc1nn(C2CCCCC2)c2c1CCCC2.[N-]=[N+]=NC(=O)c1nn(C2CCCCC2)c2c1CCCC2. The molecule has 0 unspecified atom stereocenters. The van der Waals surface area contributed by atoms with Crippen LogP contribution in [0.2, 0.25) is 0 Å². The number of carbonyl (C=O) groups excluding carboxylic acids is 2. The van der Waals surface area contributed by atoms with Crippen LogP contribution in [-0.4, -0.2) is 37.2 Å². The molecule has 0 saturated heterocycles. The summed E-state index contributed by atoms with van der Waals surface area (Å²) in [6.45, 7) is 5.63. The molecule has 234 valence electrons. The Morgan fingerprint density at radius 2 is 1.30 bits per heavy atom. The zero-order chi connectivity index (χ0) is 30.4. The third kappa shape index (κ3) is 7.61. The largest absolute Gasteiger partial charge is 0.444 e. The predicted molar refractivity (Wildman–Crippen MR) is 165 cm³/mol. The average molecular weight is 593 g/mol. The second kappa shape index (κ2) is 14.0. The van der Waals surface area contributed by atoms with Gasteiger partial charge in [-0.05, 0) is 108 Å². The molecular formula is C32H48N8O3. The minimum atomic E-state index is -0.528. The van der Waals surface area contributed by atoms with Gasteiger partial charge < -0.3 is 4.74 Å². The minimum Gasteiger partial charge on any atom is -0.444 e. The average Bonchev–Trinajstić information content (AvgIpc) is 3.57. The second-order valence-corrected chi connectivity index (χ2v) is 13.6. The fourth-order valence-electron chi connectivity index (χ4n) is 7.27. The first-order chi connectivity index (χ1) is 20.7. The molecule has 0 atom stereocenters. The van der Waals surface area contributed by atoms with E-state index in [9.17, 15) is 9.59 Å². The quantitative estimate of drug-likeness (QED) is 0.216. The normalized spacial score (nSPS) is 19.2. The van der Waals surface area contributed by atoms with Gasteiger partial charge in [-0.2, -0.15) is 10.2 Å². The highest BCUT2D eigenvalue weighted by Crippen LogP contribution is 2.36. The van der Waals surface area contributed by atoms with E-state index < -0.39 is 17.6 Å². The molecule has 2 aromatic heterocycles. The van der Waals surface area contributed by atoms with E-state index in [-0.39, 0.29) is 0 Å². The fraction of sp³-hybridized carbons (Fsp3) is 0.750. The summed E-state index contributed by atoms with van der Waals surface area (Å²) >= 11 is 0. The molecular weight excluding hydrogens is 544 g/mol. The number of carbonyl (C=O) groups is 2. The first-order valence-electron chi connectivity index (χ1n) is 16.5. The highest BCUT2D eigenvalue weighted by atomic mass is 16.6. The summed E-state index contributed by atoms with van der Waals surface area (Å²) in [6.07, 6.45) is 20.6. The van der Waals surface area contributed by atoms with Crippen molar-refractivity contribution in [3.05, 3.63) is 38.7 Å². The Morgan fingerprint density at radius 1 is 0.791 bits per heavy atom. The molecule has 2 amide bonds. The summed E-state index contributed by atoms with van der Waals surface area (Å²) in [5, 5.41) is 15.4. The van der Waals surface area contributed by atoms with Crippen molar-refractivity contribution in [1.82, 2.24) is 19.6 Å². The van der Waals surface area contributed by atoms with Gasteiger partial charge in [0.2, 0.25) is 0 Å². The van der Waals surface area contributed by atoms with Gasteiger partial charge >= 0.3 is 6.09 Å². The van der Waals surface area contributed by atoms with E-state index in [1.165, 1.54) is 81.2 Å². The molecule has 0 bridgehead atoms. The Morgan fingerprint density at radius 3 is 1.86 bits per heavy atom. The van der Waals surface area contributed by atoms with Gasteiger partial charge in [-0.25, -0.2) is 4.79 Å². The number of nitrogens with zero attached hydrogens (tertiary/aromatic N) is 7. The molecule has 0 spiro atoms. The third-order valence-electron chi connectivity index (χ3n) is 9.22. The number of anilines is 1. The summed E-state index contributed by atoms with van der Waals surface area (Å²) in [6, 6.07) is 0.924. The van der Waals surface area contributed by atoms with E-state index in [2.05, 4.69) is 29.8 Å². The third-order valence-corrected chi connectivity index (χ3v) is 9.22. The van der Waals surface area contributed by atoms with Gasteiger partial charge in [0.25, 0.3) is 5.91 Å². The first-order valence-corrected chi connectivity index (χ1v) is 16.5. The number of aromatic nitrogens is 4. The van der Waals surface area contributed by atoms with Crippen LogP contribution in [0.25, 0.3) is 10.4 Å². The molecule has 4 aliphatic carbocycles. The zero-order valence-corrected chi connectivity index (χ0v) is 26.2. The first kappa shape index (κ1) is 31.1. The van der Waals surface area contributed by atoms with Crippen molar-refractivity contribution in [1.29, 1.82) is 0 Å². The van der Waals surface area contributed by atoms with Gasteiger partial charge in [-0.15, -0.1) is 0 Å². The van der Waals surface area contributed by atoms with Gasteiger partial charge in [0, 0.05) is 27.4 Å².